The second-order valence-electron chi connectivity index (χ2n) is 4.90. The van der Waals surface area contributed by atoms with Gasteiger partial charge >= 0.3 is 5.97 Å². The topological polar surface area (TPSA) is 61.7 Å². The van der Waals surface area contributed by atoms with Gasteiger partial charge in [0.2, 0.25) is 0 Å². The highest BCUT2D eigenvalue weighted by Crippen LogP contribution is 2.35. The number of anilines is 1. The minimum absolute atomic E-state index is 0.518. The van der Waals surface area contributed by atoms with Crippen LogP contribution < -0.4 is 5.32 Å². The smallest absolute Gasteiger partial charge is 0.335 e. The van der Waals surface area contributed by atoms with Crippen molar-refractivity contribution in [3.05, 3.63) is 60.2 Å². The lowest BCUT2D eigenvalue weighted by atomic mass is 9.88. The molecule has 0 fully saturated rings. The van der Waals surface area contributed by atoms with E-state index in [1.54, 1.807) is 6.92 Å². The van der Waals surface area contributed by atoms with Gasteiger partial charge in [0, 0.05) is 0 Å². The SMILES string of the molecule is CC1(C(=O)O)Nc2ccccc2N=C1c1ccccc1. The molecule has 4 heteroatoms. The fraction of sp³-hybridized carbons (Fsp3) is 0.125. The molecule has 1 aliphatic heterocycles. The summed E-state index contributed by atoms with van der Waals surface area (Å²) in [4.78, 5) is 16.3. The molecule has 1 heterocycles. The fourth-order valence-corrected chi connectivity index (χ4v) is 2.34. The normalized spacial score (nSPS) is 20.6. The largest absolute Gasteiger partial charge is 0.479 e. The van der Waals surface area contributed by atoms with Crippen LogP contribution in [0.15, 0.2) is 59.6 Å². The first-order valence-electron chi connectivity index (χ1n) is 6.36. The number of carboxylic acid groups (broad SMARTS) is 1. The van der Waals surface area contributed by atoms with Gasteiger partial charge in [-0.3, -0.25) is 0 Å². The standard InChI is InChI=1S/C16H14N2O2/c1-16(15(19)20)14(11-7-3-2-4-8-11)17-12-9-5-6-10-13(12)18-16/h2-10,18H,1H3,(H,19,20). The van der Waals surface area contributed by atoms with Gasteiger partial charge in [-0.15, -0.1) is 0 Å². The Labute approximate surface area is 116 Å². The predicted molar refractivity (Wildman–Crippen MR) is 78.7 cm³/mol. The number of hydrogen-bond acceptors (Lipinski definition) is 3. The lowest BCUT2D eigenvalue weighted by Crippen LogP contribution is -2.52. The molecule has 0 saturated carbocycles. The zero-order valence-corrected chi connectivity index (χ0v) is 11.0. The Bertz CT molecular complexity index is 695. The van der Waals surface area contributed by atoms with Crippen LogP contribution in [0.1, 0.15) is 12.5 Å². The van der Waals surface area contributed by atoms with Crippen molar-refractivity contribution in [1.82, 2.24) is 0 Å². The molecule has 3 rings (SSSR count). The van der Waals surface area contributed by atoms with Gasteiger partial charge in [0.25, 0.3) is 0 Å². The third kappa shape index (κ3) is 1.86. The van der Waals surface area contributed by atoms with Crippen molar-refractivity contribution in [2.45, 2.75) is 12.5 Å². The highest BCUT2D eigenvalue weighted by atomic mass is 16.4. The molecule has 2 aromatic rings. The monoisotopic (exact) mass is 266 g/mol. The summed E-state index contributed by atoms with van der Waals surface area (Å²) in [6, 6.07) is 16.8. The maximum absolute atomic E-state index is 11.7. The Morgan fingerprint density at radius 2 is 1.75 bits per heavy atom. The van der Waals surface area contributed by atoms with E-state index < -0.39 is 11.5 Å². The summed E-state index contributed by atoms with van der Waals surface area (Å²) in [5, 5.41) is 12.7. The van der Waals surface area contributed by atoms with Crippen LogP contribution in [0, 0.1) is 0 Å². The molecule has 4 nitrogen and oxygen atoms in total. The first-order valence-corrected chi connectivity index (χ1v) is 6.36. The van der Waals surface area contributed by atoms with Crippen LogP contribution in [0.25, 0.3) is 0 Å². The number of nitrogens with zero attached hydrogens (tertiary/aromatic N) is 1. The van der Waals surface area contributed by atoms with Crippen molar-refractivity contribution in [1.29, 1.82) is 0 Å². The Balaban J connectivity index is 2.22. The minimum atomic E-state index is -1.24. The van der Waals surface area contributed by atoms with Crippen LogP contribution in [0.2, 0.25) is 0 Å². The third-order valence-electron chi connectivity index (χ3n) is 3.47. The van der Waals surface area contributed by atoms with Gasteiger partial charge in [0.15, 0.2) is 5.54 Å². The van der Waals surface area contributed by atoms with E-state index in [2.05, 4.69) is 10.3 Å². The van der Waals surface area contributed by atoms with E-state index in [1.807, 2.05) is 54.6 Å². The van der Waals surface area contributed by atoms with E-state index in [0.29, 0.717) is 5.71 Å². The maximum atomic E-state index is 11.7. The van der Waals surface area contributed by atoms with Crippen molar-refractivity contribution in [2.75, 3.05) is 5.32 Å². The number of benzene rings is 2. The molecule has 100 valence electrons. The second-order valence-corrected chi connectivity index (χ2v) is 4.90. The molecule has 0 aliphatic carbocycles. The van der Waals surface area contributed by atoms with E-state index in [4.69, 9.17) is 0 Å². The summed E-state index contributed by atoms with van der Waals surface area (Å²) in [6.07, 6.45) is 0. The average Bonchev–Trinajstić information content (AvgIpc) is 2.47. The van der Waals surface area contributed by atoms with Gasteiger partial charge in [-0.1, -0.05) is 42.5 Å². The van der Waals surface area contributed by atoms with Crippen LogP contribution in [0.4, 0.5) is 11.4 Å². The number of nitrogens with one attached hydrogen (secondary N) is 1. The Morgan fingerprint density at radius 1 is 1.10 bits per heavy atom. The van der Waals surface area contributed by atoms with E-state index >= 15 is 0 Å². The Hall–Kier alpha value is -2.62. The summed E-state index contributed by atoms with van der Waals surface area (Å²) >= 11 is 0. The van der Waals surface area contributed by atoms with Crippen LogP contribution in [0.5, 0.6) is 0 Å². The third-order valence-corrected chi connectivity index (χ3v) is 3.47. The zero-order chi connectivity index (χ0) is 14.2. The highest BCUT2D eigenvalue weighted by Gasteiger charge is 2.42. The molecule has 0 amide bonds. The van der Waals surface area contributed by atoms with Crippen molar-refractivity contribution in [3.8, 4) is 0 Å². The number of hydrogen-bond donors (Lipinski definition) is 2. The number of rotatable bonds is 2. The molecule has 1 unspecified atom stereocenters. The molecule has 2 aromatic carbocycles. The molecule has 20 heavy (non-hydrogen) atoms. The van der Waals surface area contributed by atoms with Gasteiger partial charge in [-0.05, 0) is 24.6 Å². The van der Waals surface area contributed by atoms with Crippen LogP contribution in [-0.2, 0) is 4.79 Å². The highest BCUT2D eigenvalue weighted by molar-refractivity contribution is 6.22. The van der Waals surface area contributed by atoms with E-state index in [9.17, 15) is 9.90 Å². The summed E-state index contributed by atoms with van der Waals surface area (Å²) in [5.74, 6) is -0.949. The van der Waals surface area contributed by atoms with E-state index in [1.165, 1.54) is 0 Å². The van der Waals surface area contributed by atoms with Crippen molar-refractivity contribution in [3.63, 3.8) is 0 Å². The molecule has 0 spiro atoms. The number of para-hydroxylation sites is 2. The molecule has 1 atom stereocenters. The van der Waals surface area contributed by atoms with E-state index in [0.717, 1.165) is 16.9 Å². The quantitative estimate of drug-likeness (QED) is 0.878. The number of aliphatic carboxylic acids is 1. The lowest BCUT2D eigenvalue weighted by molar-refractivity contribution is -0.139. The number of carboxylic acids is 1. The lowest BCUT2D eigenvalue weighted by Gasteiger charge is -2.33. The first-order chi connectivity index (χ1) is 9.61. The van der Waals surface area contributed by atoms with Crippen LogP contribution in [-0.4, -0.2) is 22.3 Å². The minimum Gasteiger partial charge on any atom is -0.479 e. The Morgan fingerprint density at radius 3 is 2.45 bits per heavy atom. The molecular formula is C16H14N2O2. The van der Waals surface area contributed by atoms with Gasteiger partial charge < -0.3 is 10.4 Å². The molecule has 0 aromatic heterocycles. The predicted octanol–water partition coefficient (Wildman–Crippen LogP) is 3.08. The van der Waals surface area contributed by atoms with Gasteiger partial charge in [0.1, 0.15) is 0 Å². The maximum Gasteiger partial charge on any atom is 0.335 e. The van der Waals surface area contributed by atoms with Crippen molar-refractivity contribution >= 4 is 23.1 Å². The number of carbonyl (C=O) groups is 1. The van der Waals surface area contributed by atoms with Gasteiger partial charge in [0.05, 0.1) is 17.1 Å². The molecule has 2 N–H and O–H groups in total. The molecule has 0 saturated heterocycles. The Kier molecular flexibility index (Phi) is 2.79. The van der Waals surface area contributed by atoms with Crippen molar-refractivity contribution in [2.24, 2.45) is 4.99 Å². The van der Waals surface area contributed by atoms with Gasteiger partial charge in [-0.25, -0.2) is 9.79 Å². The summed E-state index contributed by atoms with van der Waals surface area (Å²) in [7, 11) is 0. The molecular weight excluding hydrogens is 252 g/mol. The number of aliphatic imine (C=N–C) groups is 1. The van der Waals surface area contributed by atoms with Crippen LogP contribution >= 0.6 is 0 Å². The van der Waals surface area contributed by atoms with Crippen LogP contribution in [0.3, 0.4) is 0 Å². The molecule has 0 bridgehead atoms. The van der Waals surface area contributed by atoms with Gasteiger partial charge in [-0.2, -0.15) is 0 Å². The second kappa shape index (κ2) is 4.49. The fourth-order valence-electron chi connectivity index (χ4n) is 2.34. The average molecular weight is 266 g/mol. The molecule has 1 aliphatic rings. The summed E-state index contributed by atoms with van der Waals surface area (Å²) in [5.41, 5.74) is 1.57. The van der Waals surface area contributed by atoms with E-state index in [-0.39, 0.29) is 0 Å². The zero-order valence-electron chi connectivity index (χ0n) is 11.0. The van der Waals surface area contributed by atoms with Crippen molar-refractivity contribution < 1.29 is 9.90 Å². The summed E-state index contributed by atoms with van der Waals surface area (Å²) < 4.78 is 0. The summed E-state index contributed by atoms with van der Waals surface area (Å²) in [6.45, 7) is 1.64. The molecule has 0 radical (unpaired) electrons. The first kappa shape index (κ1) is 12.4. The number of fused-ring (bicyclic) bond motifs is 1.